The summed E-state index contributed by atoms with van der Waals surface area (Å²) < 4.78 is 23.7. The smallest absolute Gasteiger partial charge is 0.545 e. The maximum Gasteiger partial charge on any atom is 2.00 e. The standard InChI is InChI=1S/4C10H15OP.C8H6O4.2Pd/c4*1-10(2,3)12(11)9-7-5-4-6-8-9;9-7(10)5-2-1-3-6(4-5)8(11)12;;/h2*4-8,12H,1-3H3;2*4-8,11H,1-3H3;1-4H,(H,9,10)(H,11,12);;/q;;;;;2*+2. The van der Waals surface area contributed by atoms with Gasteiger partial charge in [-0.1, -0.05) is 157 Å². The number of carbonyl (C=O) groups excluding carboxylic acids is 2. The Bertz CT molecular complexity index is 1920. The van der Waals surface area contributed by atoms with Gasteiger partial charge in [-0.2, -0.15) is 0 Å². The Balaban J connectivity index is 0. The van der Waals surface area contributed by atoms with Crippen molar-refractivity contribution >= 4 is 65.1 Å². The van der Waals surface area contributed by atoms with E-state index in [1.165, 1.54) is 18.2 Å². The first-order valence-corrected chi connectivity index (χ1v) is 25.3. The van der Waals surface area contributed by atoms with E-state index in [0.29, 0.717) is 0 Å². The second kappa shape index (κ2) is 29.2. The maximum absolute atomic E-state index is 11.9. The van der Waals surface area contributed by atoms with E-state index in [1.807, 2.05) is 163 Å². The predicted octanol–water partition coefficient (Wildman–Crippen LogP) is 8.21. The molecule has 0 saturated heterocycles. The molecule has 0 aromatic heterocycles. The van der Waals surface area contributed by atoms with Crippen LogP contribution >= 0.6 is 31.9 Å². The third kappa shape index (κ3) is 24.0. The molecular weight excluding hydrogens is 1040 g/mol. The van der Waals surface area contributed by atoms with E-state index in [9.17, 15) is 38.7 Å². The number of benzene rings is 5. The second-order valence-electron chi connectivity index (χ2n) is 18.0. The van der Waals surface area contributed by atoms with Gasteiger partial charge in [-0.15, -0.1) is 0 Å². The predicted molar refractivity (Wildman–Crippen MR) is 257 cm³/mol. The summed E-state index contributed by atoms with van der Waals surface area (Å²) in [6.07, 6.45) is 0. The number of aromatic carboxylic acids is 2. The quantitative estimate of drug-likeness (QED) is 0.127. The first kappa shape index (κ1) is 61.7. The van der Waals surface area contributed by atoms with Crippen molar-refractivity contribution in [2.75, 3.05) is 0 Å². The molecule has 0 spiro atoms. The van der Waals surface area contributed by atoms with Crippen molar-refractivity contribution in [3.05, 3.63) is 157 Å². The van der Waals surface area contributed by atoms with E-state index >= 15 is 0 Å². The van der Waals surface area contributed by atoms with Crippen LogP contribution in [0.5, 0.6) is 0 Å². The molecule has 0 aliphatic carbocycles. The van der Waals surface area contributed by atoms with Gasteiger partial charge in [-0.3, -0.25) is 0 Å². The molecule has 0 fully saturated rings. The summed E-state index contributed by atoms with van der Waals surface area (Å²) in [4.78, 5) is 40.4. The van der Waals surface area contributed by atoms with Gasteiger partial charge in [0, 0.05) is 20.9 Å². The average molecular weight is 1110 g/mol. The van der Waals surface area contributed by atoms with E-state index in [1.54, 1.807) is 0 Å². The number of rotatable bonds is 6. The van der Waals surface area contributed by atoms with Crippen molar-refractivity contribution in [3.63, 3.8) is 0 Å². The van der Waals surface area contributed by atoms with E-state index < -0.39 is 43.8 Å². The normalized spacial score (nSPS) is 12.9. The maximum atomic E-state index is 11.9. The molecule has 5 rings (SSSR count). The molecule has 0 heterocycles. The van der Waals surface area contributed by atoms with Gasteiger partial charge in [0.2, 0.25) is 0 Å². The number of hydrogen-bond acceptors (Lipinski definition) is 8. The molecule has 5 aromatic carbocycles. The molecule has 0 aliphatic rings. The molecule has 14 heteroatoms. The van der Waals surface area contributed by atoms with Crippen molar-refractivity contribution in [1.29, 1.82) is 0 Å². The minimum absolute atomic E-state index is 0. The molecule has 5 aromatic rings. The van der Waals surface area contributed by atoms with Crippen molar-refractivity contribution in [2.45, 2.75) is 104 Å². The number of carboxylic acids is 2. The van der Waals surface area contributed by atoms with Gasteiger partial charge in [0.05, 0.1) is 11.9 Å². The fourth-order valence-corrected chi connectivity index (χ4v) is 10.3. The van der Waals surface area contributed by atoms with Gasteiger partial charge < -0.3 is 28.9 Å². The van der Waals surface area contributed by atoms with Crippen LogP contribution in [0.4, 0.5) is 0 Å². The fraction of sp³-hybridized carbons (Fsp3) is 0.333. The van der Waals surface area contributed by atoms with Crippen molar-refractivity contribution in [1.82, 2.24) is 0 Å². The van der Waals surface area contributed by atoms with E-state index in [4.69, 9.17) is 0 Å². The molecular formula is C48H66O8P4Pd2+4. The summed E-state index contributed by atoms with van der Waals surface area (Å²) in [6, 6.07) is 44.0. The first-order valence-electron chi connectivity index (χ1n) is 19.6. The minimum atomic E-state index is -1.63. The molecule has 0 saturated carbocycles. The molecule has 0 bridgehead atoms. The van der Waals surface area contributed by atoms with Crippen LogP contribution in [-0.4, -0.2) is 42.3 Å². The Kier molecular flexibility index (Phi) is 29.1. The fourth-order valence-electron chi connectivity index (χ4n) is 4.88. The van der Waals surface area contributed by atoms with Crippen molar-refractivity contribution in [3.8, 4) is 0 Å². The Hall–Kier alpha value is -2.40. The summed E-state index contributed by atoms with van der Waals surface area (Å²) >= 11 is 0. The summed E-state index contributed by atoms with van der Waals surface area (Å²) in [6.45, 7) is 24.6. The van der Waals surface area contributed by atoms with E-state index in [2.05, 4.69) is 41.5 Å². The minimum Gasteiger partial charge on any atom is -0.545 e. The summed E-state index contributed by atoms with van der Waals surface area (Å²) in [5.41, 5.74) is -0.339. The topological polar surface area (TPSA) is 155 Å². The number of carboxylic acid groups (broad SMARTS) is 2. The van der Waals surface area contributed by atoms with Crippen LogP contribution in [0.1, 0.15) is 104 Å². The van der Waals surface area contributed by atoms with Gasteiger partial charge in [0.25, 0.3) is 0 Å². The molecule has 62 heavy (non-hydrogen) atoms. The zero-order chi connectivity index (χ0) is 45.9. The average Bonchev–Trinajstić information content (AvgIpc) is 3.20. The zero-order valence-corrected chi connectivity index (χ0v) is 44.9. The van der Waals surface area contributed by atoms with Crippen LogP contribution in [0, 0.1) is 0 Å². The molecule has 0 aliphatic heterocycles. The number of carbonyl (C=O) groups is 2. The summed E-state index contributed by atoms with van der Waals surface area (Å²) in [5, 5.41) is 24.5. The van der Waals surface area contributed by atoms with Gasteiger partial charge in [0.15, 0.2) is 16.3 Å². The molecule has 2 N–H and O–H groups in total. The molecule has 342 valence electrons. The van der Waals surface area contributed by atoms with Gasteiger partial charge in [-0.05, 0) is 83.0 Å². The molecule has 8 nitrogen and oxygen atoms in total. The molecule has 0 radical (unpaired) electrons. The van der Waals surface area contributed by atoms with Crippen LogP contribution in [-0.2, 0) is 50.0 Å². The Morgan fingerprint density at radius 2 is 0.677 bits per heavy atom. The first-order chi connectivity index (χ1) is 27.7. The monoisotopic (exact) mass is 1110 g/mol. The largest absolute Gasteiger partial charge is 2.00 e. The van der Waals surface area contributed by atoms with Crippen LogP contribution in [0.3, 0.4) is 0 Å². The number of hydrogen-bond donors (Lipinski definition) is 2. The van der Waals surface area contributed by atoms with Gasteiger partial charge in [-0.25, -0.2) is 9.79 Å². The molecule has 4 atom stereocenters. The van der Waals surface area contributed by atoms with Crippen molar-refractivity contribution < 1.29 is 79.6 Å². The summed E-state index contributed by atoms with van der Waals surface area (Å²) in [7, 11) is -6.03. The Morgan fingerprint density at radius 3 is 0.887 bits per heavy atom. The van der Waals surface area contributed by atoms with Crippen LogP contribution < -0.4 is 31.4 Å². The van der Waals surface area contributed by atoms with Crippen molar-refractivity contribution in [2.24, 2.45) is 0 Å². The van der Waals surface area contributed by atoms with Crippen LogP contribution in [0.2, 0.25) is 0 Å². The third-order valence-corrected chi connectivity index (χ3v) is 17.3. The van der Waals surface area contributed by atoms with E-state index in [0.717, 1.165) is 27.3 Å². The third-order valence-electron chi connectivity index (χ3n) is 8.28. The Labute approximate surface area is 402 Å². The van der Waals surface area contributed by atoms with Crippen LogP contribution in [0.15, 0.2) is 146 Å². The summed E-state index contributed by atoms with van der Waals surface area (Å²) in [5.74, 6) is -2.81. The molecule has 0 amide bonds. The molecule has 2 unspecified atom stereocenters. The van der Waals surface area contributed by atoms with Gasteiger partial charge >= 0.3 is 40.8 Å². The second-order valence-corrected chi connectivity index (χ2v) is 29.0. The Morgan fingerprint density at radius 1 is 0.435 bits per heavy atom. The van der Waals surface area contributed by atoms with E-state index in [-0.39, 0.29) is 72.6 Å². The van der Waals surface area contributed by atoms with Gasteiger partial charge in [0.1, 0.15) is 36.5 Å². The zero-order valence-electron chi connectivity index (χ0n) is 37.8. The SMILES string of the molecule is CC(C)(C)[P@@H](=O)c1ccccc1.CC(C)(C)[P@@H](=O)c1ccccc1.CC(C)(C)[PH+](O)c1ccccc1.CC(C)(C)[PH+](O)c1ccccc1.O=C([O-])c1cccc(C(=O)[O-])c1.[Pd+2].[Pd+2]. The van der Waals surface area contributed by atoms with Crippen LogP contribution in [0.25, 0.3) is 0 Å².